The fourth-order valence-electron chi connectivity index (χ4n) is 2.57. The number of rotatable bonds is 4. The number of carboxylic acid groups (broad SMARTS) is 1. The second-order valence-corrected chi connectivity index (χ2v) is 6.88. The van der Waals surface area contributed by atoms with Crippen molar-refractivity contribution < 1.29 is 9.90 Å². The van der Waals surface area contributed by atoms with Gasteiger partial charge in [0.15, 0.2) is 0 Å². The van der Waals surface area contributed by atoms with Gasteiger partial charge in [0.05, 0.1) is 11.3 Å². The van der Waals surface area contributed by atoms with Gasteiger partial charge in [0.2, 0.25) is 0 Å². The van der Waals surface area contributed by atoms with Crippen LogP contribution in [0.2, 0.25) is 0 Å². The summed E-state index contributed by atoms with van der Waals surface area (Å²) in [7, 11) is 0. The number of aromatic nitrogens is 1. The van der Waals surface area contributed by atoms with Gasteiger partial charge in [0.1, 0.15) is 5.82 Å². The molecule has 0 aromatic carbocycles. The van der Waals surface area contributed by atoms with E-state index in [0.717, 1.165) is 12.2 Å². The van der Waals surface area contributed by atoms with E-state index >= 15 is 0 Å². The van der Waals surface area contributed by atoms with Crippen LogP contribution in [0.3, 0.4) is 0 Å². The molecule has 19 heavy (non-hydrogen) atoms. The Morgan fingerprint density at radius 3 is 2.26 bits per heavy atom. The van der Waals surface area contributed by atoms with E-state index in [1.807, 2.05) is 0 Å². The largest absolute Gasteiger partial charge is 0.478 e. The smallest absolute Gasteiger partial charge is 0.337 e. The van der Waals surface area contributed by atoms with Crippen LogP contribution < -0.4 is 5.32 Å². The molecule has 2 N–H and O–H groups in total. The van der Waals surface area contributed by atoms with Crippen molar-refractivity contribution in [1.29, 1.82) is 0 Å². The van der Waals surface area contributed by atoms with E-state index in [-0.39, 0.29) is 16.5 Å². The number of nitrogens with zero attached hydrogens (tertiary/aromatic N) is 1. The number of aryl methyl sites for hydroxylation is 1. The third-order valence-electron chi connectivity index (χ3n) is 2.75. The Kier molecular flexibility index (Phi) is 4.23. The normalized spacial score (nSPS) is 12.3. The van der Waals surface area contributed by atoms with Gasteiger partial charge in [-0.25, -0.2) is 9.78 Å². The average Bonchev–Trinajstić information content (AvgIpc) is 2.11. The Labute approximate surface area is 115 Å². The van der Waals surface area contributed by atoms with Crippen LogP contribution in [0.1, 0.15) is 57.1 Å². The lowest BCUT2D eigenvalue weighted by atomic mass is 9.82. The molecule has 0 atom stereocenters. The van der Waals surface area contributed by atoms with Gasteiger partial charge in [0.25, 0.3) is 0 Å². The molecule has 4 heteroatoms. The van der Waals surface area contributed by atoms with E-state index < -0.39 is 5.97 Å². The van der Waals surface area contributed by atoms with Crippen molar-refractivity contribution in [2.75, 3.05) is 5.32 Å². The molecule has 1 aromatic heterocycles. The number of carbonyl (C=O) groups is 1. The maximum Gasteiger partial charge on any atom is 0.337 e. The number of pyridine rings is 1. The molecule has 1 rings (SSSR count). The van der Waals surface area contributed by atoms with Crippen molar-refractivity contribution in [2.24, 2.45) is 5.41 Å². The zero-order chi connectivity index (χ0) is 14.8. The first-order valence-electron chi connectivity index (χ1n) is 6.49. The summed E-state index contributed by atoms with van der Waals surface area (Å²) in [6, 6.07) is 3.32. The summed E-state index contributed by atoms with van der Waals surface area (Å²) in [5, 5.41) is 12.4. The first-order chi connectivity index (χ1) is 8.50. The molecule has 0 aliphatic heterocycles. The molecule has 1 aromatic rings. The van der Waals surface area contributed by atoms with Crippen LogP contribution in [0.4, 0.5) is 5.82 Å². The van der Waals surface area contributed by atoms with Crippen molar-refractivity contribution in [3.8, 4) is 0 Å². The maximum atomic E-state index is 10.9. The minimum Gasteiger partial charge on any atom is -0.478 e. The van der Waals surface area contributed by atoms with Gasteiger partial charge in [0, 0.05) is 5.54 Å². The standard InChI is InChI=1S/C15H24N2O2/c1-10-11(13(18)19)7-8-12(16-10)17-15(5,6)9-14(2,3)4/h7-8H,9H2,1-6H3,(H,16,17)(H,18,19). The van der Waals surface area contributed by atoms with Gasteiger partial charge in [-0.1, -0.05) is 20.8 Å². The number of hydrogen-bond acceptors (Lipinski definition) is 3. The fraction of sp³-hybridized carbons (Fsp3) is 0.600. The monoisotopic (exact) mass is 264 g/mol. The quantitative estimate of drug-likeness (QED) is 0.870. The third kappa shape index (κ3) is 4.89. The molecule has 0 saturated carbocycles. The summed E-state index contributed by atoms with van der Waals surface area (Å²) >= 11 is 0. The Balaban J connectivity index is 2.88. The predicted molar refractivity (Wildman–Crippen MR) is 77.7 cm³/mol. The number of nitrogens with one attached hydrogen (secondary N) is 1. The maximum absolute atomic E-state index is 10.9. The summed E-state index contributed by atoms with van der Waals surface area (Å²) in [5.41, 5.74) is 0.901. The van der Waals surface area contributed by atoms with E-state index in [1.54, 1.807) is 19.1 Å². The van der Waals surface area contributed by atoms with Crippen molar-refractivity contribution >= 4 is 11.8 Å². The molecule has 106 valence electrons. The fourth-order valence-corrected chi connectivity index (χ4v) is 2.57. The molecule has 1 heterocycles. The van der Waals surface area contributed by atoms with Gasteiger partial charge in [-0.15, -0.1) is 0 Å². The lowest BCUT2D eigenvalue weighted by Gasteiger charge is -2.33. The van der Waals surface area contributed by atoms with Crippen LogP contribution >= 0.6 is 0 Å². The predicted octanol–water partition coefficient (Wildman–Crippen LogP) is 3.71. The Hall–Kier alpha value is -1.58. The second-order valence-electron chi connectivity index (χ2n) is 6.88. The average molecular weight is 264 g/mol. The summed E-state index contributed by atoms with van der Waals surface area (Å²) in [5.74, 6) is -0.220. The minimum atomic E-state index is -0.939. The van der Waals surface area contributed by atoms with E-state index in [0.29, 0.717) is 5.69 Å². The highest BCUT2D eigenvalue weighted by Gasteiger charge is 2.25. The number of anilines is 1. The summed E-state index contributed by atoms with van der Waals surface area (Å²) in [4.78, 5) is 15.3. The van der Waals surface area contributed by atoms with E-state index in [4.69, 9.17) is 5.11 Å². The van der Waals surface area contributed by atoms with E-state index in [2.05, 4.69) is 44.9 Å². The zero-order valence-electron chi connectivity index (χ0n) is 12.7. The minimum absolute atomic E-state index is 0.0948. The van der Waals surface area contributed by atoms with Crippen molar-refractivity contribution in [1.82, 2.24) is 4.98 Å². The number of carboxylic acids is 1. The first-order valence-corrected chi connectivity index (χ1v) is 6.49. The first kappa shape index (κ1) is 15.5. The molecule has 0 bridgehead atoms. The molecule has 4 nitrogen and oxygen atoms in total. The van der Waals surface area contributed by atoms with Gasteiger partial charge in [-0.05, 0) is 44.7 Å². The molecule has 0 aliphatic carbocycles. The third-order valence-corrected chi connectivity index (χ3v) is 2.75. The lowest BCUT2D eigenvalue weighted by molar-refractivity contribution is 0.0695. The number of aromatic carboxylic acids is 1. The highest BCUT2D eigenvalue weighted by atomic mass is 16.4. The Bertz CT molecular complexity index is 474. The van der Waals surface area contributed by atoms with Crippen LogP contribution in [-0.4, -0.2) is 21.6 Å². The van der Waals surface area contributed by atoms with Crippen molar-refractivity contribution in [3.05, 3.63) is 23.4 Å². The van der Waals surface area contributed by atoms with Gasteiger partial charge in [-0.2, -0.15) is 0 Å². The molecule has 0 amide bonds. The molecular formula is C15H24N2O2. The summed E-state index contributed by atoms with van der Waals surface area (Å²) in [6.07, 6.45) is 0.988. The molecule has 0 saturated heterocycles. The van der Waals surface area contributed by atoms with E-state index in [1.165, 1.54) is 0 Å². The number of hydrogen-bond donors (Lipinski definition) is 2. The van der Waals surface area contributed by atoms with Crippen molar-refractivity contribution in [3.63, 3.8) is 0 Å². The molecule has 0 fully saturated rings. The topological polar surface area (TPSA) is 62.2 Å². The van der Waals surface area contributed by atoms with Gasteiger partial charge < -0.3 is 10.4 Å². The van der Waals surface area contributed by atoms with Crippen molar-refractivity contribution in [2.45, 2.75) is 53.5 Å². The highest BCUT2D eigenvalue weighted by molar-refractivity contribution is 5.89. The molecular weight excluding hydrogens is 240 g/mol. The Morgan fingerprint density at radius 2 is 1.84 bits per heavy atom. The SMILES string of the molecule is Cc1nc(NC(C)(C)CC(C)(C)C)ccc1C(=O)O. The van der Waals surface area contributed by atoms with Gasteiger partial charge in [-0.3, -0.25) is 0 Å². The lowest BCUT2D eigenvalue weighted by Crippen LogP contribution is -2.35. The molecule has 0 spiro atoms. The summed E-state index contributed by atoms with van der Waals surface area (Å²) < 4.78 is 0. The van der Waals surface area contributed by atoms with Crippen LogP contribution in [0.5, 0.6) is 0 Å². The molecule has 0 radical (unpaired) electrons. The zero-order valence-corrected chi connectivity index (χ0v) is 12.7. The molecule has 0 aliphatic rings. The summed E-state index contributed by atoms with van der Waals surface area (Å²) in [6.45, 7) is 12.6. The van der Waals surface area contributed by atoms with E-state index in [9.17, 15) is 4.79 Å². The van der Waals surface area contributed by atoms with Crippen LogP contribution in [0.15, 0.2) is 12.1 Å². The molecule has 0 unspecified atom stereocenters. The highest BCUT2D eigenvalue weighted by Crippen LogP contribution is 2.29. The van der Waals surface area contributed by atoms with Crippen LogP contribution in [-0.2, 0) is 0 Å². The second kappa shape index (κ2) is 5.19. The Morgan fingerprint density at radius 1 is 1.26 bits per heavy atom. The van der Waals surface area contributed by atoms with Crippen LogP contribution in [0, 0.1) is 12.3 Å². The van der Waals surface area contributed by atoms with Gasteiger partial charge >= 0.3 is 5.97 Å². The van der Waals surface area contributed by atoms with Crippen LogP contribution in [0.25, 0.3) is 0 Å².